The summed E-state index contributed by atoms with van der Waals surface area (Å²) in [5, 5.41) is 9.32. The molecule has 4 amide bonds. The van der Waals surface area contributed by atoms with Gasteiger partial charge in [0.25, 0.3) is 0 Å². The molecule has 0 bridgehead atoms. The number of fused-ring (bicyclic) bond motifs is 1. The standard InChI is InChI=1S/C21H27N5O4S/c1-29-14-7-8-15(17(11-14)30-2)24-21(28)26-10-9-16-18(12-26)31-20(23-16)25-19(27)22-13-5-3-4-6-13/h7-8,11,13H,3-6,9-10,12H2,1-2H3,(H,24,28)(H2,22,23,25,27). The minimum atomic E-state index is -0.212. The van der Waals surface area contributed by atoms with Crippen LogP contribution >= 0.6 is 11.3 Å². The molecular formula is C21H27N5O4S. The molecule has 2 aromatic rings. The average Bonchev–Trinajstić information content (AvgIpc) is 3.42. The van der Waals surface area contributed by atoms with Gasteiger partial charge in [0.05, 0.1) is 32.1 Å². The number of carbonyl (C=O) groups excluding carboxylic acids is 2. The van der Waals surface area contributed by atoms with Gasteiger partial charge in [-0.05, 0) is 25.0 Å². The number of urea groups is 2. The van der Waals surface area contributed by atoms with Crippen molar-refractivity contribution in [1.82, 2.24) is 15.2 Å². The van der Waals surface area contributed by atoms with Crippen molar-refractivity contribution in [3.63, 3.8) is 0 Å². The molecule has 0 unspecified atom stereocenters. The van der Waals surface area contributed by atoms with Gasteiger partial charge in [-0.3, -0.25) is 5.32 Å². The summed E-state index contributed by atoms with van der Waals surface area (Å²) < 4.78 is 10.5. The third kappa shape index (κ3) is 5.01. The molecule has 1 aliphatic heterocycles. The first-order valence-electron chi connectivity index (χ1n) is 10.4. The Balaban J connectivity index is 1.36. The molecule has 1 aromatic carbocycles. The first kappa shape index (κ1) is 21.2. The molecule has 0 saturated heterocycles. The van der Waals surface area contributed by atoms with Crippen LogP contribution in [-0.2, 0) is 13.0 Å². The van der Waals surface area contributed by atoms with Crippen molar-refractivity contribution >= 4 is 34.2 Å². The highest BCUT2D eigenvalue weighted by atomic mass is 32.1. The van der Waals surface area contributed by atoms with Gasteiger partial charge in [-0.25, -0.2) is 14.6 Å². The predicted molar refractivity (Wildman–Crippen MR) is 119 cm³/mol. The SMILES string of the molecule is COc1ccc(NC(=O)N2CCc3nc(NC(=O)NC4CCCC4)sc3C2)c(OC)c1. The molecule has 1 aliphatic carbocycles. The summed E-state index contributed by atoms with van der Waals surface area (Å²) in [5.41, 5.74) is 1.52. The largest absolute Gasteiger partial charge is 0.497 e. The van der Waals surface area contributed by atoms with Gasteiger partial charge >= 0.3 is 12.1 Å². The van der Waals surface area contributed by atoms with Gasteiger partial charge in [-0.1, -0.05) is 24.2 Å². The van der Waals surface area contributed by atoms with Crippen LogP contribution in [0.25, 0.3) is 0 Å². The maximum absolute atomic E-state index is 12.8. The number of benzene rings is 1. The van der Waals surface area contributed by atoms with E-state index in [9.17, 15) is 9.59 Å². The van der Waals surface area contributed by atoms with Gasteiger partial charge in [-0.2, -0.15) is 0 Å². The first-order valence-corrected chi connectivity index (χ1v) is 11.2. The van der Waals surface area contributed by atoms with Crippen LogP contribution in [-0.4, -0.2) is 48.8 Å². The van der Waals surface area contributed by atoms with Gasteiger partial charge in [0.15, 0.2) is 5.13 Å². The van der Waals surface area contributed by atoms with Crippen molar-refractivity contribution in [2.75, 3.05) is 31.4 Å². The first-order chi connectivity index (χ1) is 15.1. The fourth-order valence-corrected chi connectivity index (χ4v) is 4.93. The molecule has 10 heteroatoms. The number of rotatable bonds is 5. The summed E-state index contributed by atoms with van der Waals surface area (Å²) >= 11 is 1.42. The lowest BCUT2D eigenvalue weighted by Crippen LogP contribution is -2.38. The molecule has 0 atom stereocenters. The summed E-state index contributed by atoms with van der Waals surface area (Å²) in [7, 11) is 3.13. The highest BCUT2D eigenvalue weighted by molar-refractivity contribution is 7.15. The summed E-state index contributed by atoms with van der Waals surface area (Å²) in [6, 6.07) is 5.08. The quantitative estimate of drug-likeness (QED) is 0.649. The van der Waals surface area contributed by atoms with E-state index in [-0.39, 0.29) is 18.1 Å². The molecule has 0 spiro atoms. The van der Waals surface area contributed by atoms with E-state index >= 15 is 0 Å². The summed E-state index contributed by atoms with van der Waals surface area (Å²) in [6.45, 7) is 0.998. The highest BCUT2D eigenvalue weighted by Crippen LogP contribution is 2.31. The number of hydrogen-bond donors (Lipinski definition) is 3. The van der Waals surface area contributed by atoms with Crippen molar-refractivity contribution in [2.45, 2.75) is 44.7 Å². The van der Waals surface area contributed by atoms with Gasteiger partial charge in [0.1, 0.15) is 11.5 Å². The second-order valence-corrected chi connectivity index (χ2v) is 8.72. The molecule has 2 aliphatic rings. The van der Waals surface area contributed by atoms with Crippen LogP contribution in [0.4, 0.5) is 20.4 Å². The van der Waals surface area contributed by atoms with Crippen molar-refractivity contribution in [1.29, 1.82) is 0 Å². The van der Waals surface area contributed by atoms with E-state index in [0.29, 0.717) is 41.8 Å². The fraction of sp³-hybridized carbons (Fsp3) is 0.476. The Kier molecular flexibility index (Phi) is 6.45. The Morgan fingerprint density at radius 1 is 1.16 bits per heavy atom. The minimum absolute atomic E-state index is 0.209. The summed E-state index contributed by atoms with van der Waals surface area (Å²) in [4.78, 5) is 32.3. The van der Waals surface area contributed by atoms with E-state index in [1.165, 1.54) is 11.3 Å². The van der Waals surface area contributed by atoms with Gasteiger partial charge in [0, 0.05) is 30.0 Å². The molecule has 31 heavy (non-hydrogen) atoms. The van der Waals surface area contributed by atoms with Crippen LogP contribution in [0.3, 0.4) is 0 Å². The van der Waals surface area contributed by atoms with Crippen molar-refractivity contribution < 1.29 is 19.1 Å². The number of carbonyl (C=O) groups is 2. The second-order valence-electron chi connectivity index (χ2n) is 7.64. The zero-order valence-corrected chi connectivity index (χ0v) is 18.5. The van der Waals surface area contributed by atoms with Crippen molar-refractivity contribution in [3.8, 4) is 11.5 Å². The molecule has 1 aromatic heterocycles. The van der Waals surface area contributed by atoms with E-state index < -0.39 is 0 Å². The van der Waals surface area contributed by atoms with Crippen LogP contribution in [0.15, 0.2) is 18.2 Å². The van der Waals surface area contributed by atoms with E-state index in [1.54, 1.807) is 37.3 Å². The van der Waals surface area contributed by atoms with Gasteiger partial charge in [-0.15, -0.1) is 0 Å². The molecule has 3 N–H and O–H groups in total. The van der Waals surface area contributed by atoms with Crippen LogP contribution in [0.5, 0.6) is 11.5 Å². The van der Waals surface area contributed by atoms with E-state index in [2.05, 4.69) is 20.9 Å². The number of nitrogens with zero attached hydrogens (tertiary/aromatic N) is 2. The summed E-state index contributed by atoms with van der Waals surface area (Å²) in [6.07, 6.45) is 5.04. The van der Waals surface area contributed by atoms with E-state index in [0.717, 1.165) is 36.3 Å². The third-order valence-corrected chi connectivity index (χ3v) is 6.58. The zero-order valence-electron chi connectivity index (χ0n) is 17.7. The molecular weight excluding hydrogens is 418 g/mol. The maximum Gasteiger partial charge on any atom is 0.322 e. The average molecular weight is 446 g/mol. The normalized spacial score (nSPS) is 15.9. The minimum Gasteiger partial charge on any atom is -0.497 e. The van der Waals surface area contributed by atoms with E-state index in [4.69, 9.17) is 9.47 Å². The van der Waals surface area contributed by atoms with Crippen LogP contribution in [0, 0.1) is 0 Å². The number of aromatic nitrogens is 1. The molecule has 1 saturated carbocycles. The Bertz CT molecular complexity index is 957. The Hall–Kier alpha value is -3.01. The monoisotopic (exact) mass is 445 g/mol. The molecule has 1 fully saturated rings. The summed E-state index contributed by atoms with van der Waals surface area (Å²) in [5.74, 6) is 1.18. The number of nitrogens with one attached hydrogen (secondary N) is 3. The molecule has 9 nitrogen and oxygen atoms in total. The van der Waals surface area contributed by atoms with Crippen LogP contribution in [0.1, 0.15) is 36.3 Å². The third-order valence-electron chi connectivity index (χ3n) is 5.58. The Morgan fingerprint density at radius 2 is 1.97 bits per heavy atom. The number of methoxy groups -OCH3 is 2. The number of anilines is 2. The molecule has 0 radical (unpaired) electrons. The number of hydrogen-bond acceptors (Lipinski definition) is 6. The smallest absolute Gasteiger partial charge is 0.322 e. The maximum atomic E-state index is 12.8. The predicted octanol–water partition coefficient (Wildman–Crippen LogP) is 3.81. The fourth-order valence-electron chi connectivity index (χ4n) is 3.91. The van der Waals surface area contributed by atoms with E-state index in [1.807, 2.05) is 0 Å². The topological polar surface area (TPSA) is 105 Å². The van der Waals surface area contributed by atoms with Gasteiger partial charge in [0.2, 0.25) is 0 Å². The Morgan fingerprint density at radius 3 is 2.71 bits per heavy atom. The molecule has 4 rings (SSSR count). The number of thiazole rings is 1. The highest BCUT2D eigenvalue weighted by Gasteiger charge is 2.26. The van der Waals surface area contributed by atoms with Crippen LogP contribution < -0.4 is 25.4 Å². The lowest BCUT2D eigenvalue weighted by atomic mass is 10.2. The zero-order chi connectivity index (χ0) is 21.8. The lowest BCUT2D eigenvalue weighted by molar-refractivity contribution is 0.206. The Labute approximate surface area is 185 Å². The number of ether oxygens (including phenoxy) is 2. The van der Waals surface area contributed by atoms with Gasteiger partial charge < -0.3 is 25.0 Å². The second kappa shape index (κ2) is 9.42. The molecule has 2 heterocycles. The number of amides is 4. The van der Waals surface area contributed by atoms with Crippen LogP contribution in [0.2, 0.25) is 0 Å². The lowest BCUT2D eigenvalue weighted by Gasteiger charge is -2.26. The molecule has 166 valence electrons. The van der Waals surface area contributed by atoms with Crippen molar-refractivity contribution in [3.05, 3.63) is 28.8 Å². The van der Waals surface area contributed by atoms with Crippen molar-refractivity contribution in [2.24, 2.45) is 0 Å².